The Kier molecular flexibility index (Phi) is 9.13. The number of hydrogen-bond acceptors (Lipinski definition) is 6. The van der Waals surface area contributed by atoms with Gasteiger partial charge in [0.15, 0.2) is 0 Å². The summed E-state index contributed by atoms with van der Waals surface area (Å²) in [5.41, 5.74) is 4.29. The minimum Gasteiger partial charge on any atom is -0.480 e. The third kappa shape index (κ3) is 8.89. The highest BCUT2D eigenvalue weighted by molar-refractivity contribution is 7.80. The lowest BCUT2D eigenvalue weighted by molar-refractivity contribution is -0.149. The first-order valence-electron chi connectivity index (χ1n) is 5.72. The molecule has 9 heteroatoms. The second kappa shape index (κ2) is 8.43. The van der Waals surface area contributed by atoms with Crippen molar-refractivity contribution < 1.29 is 27.1 Å². The van der Waals surface area contributed by atoms with Gasteiger partial charge in [-0.1, -0.05) is 13.8 Å². The van der Waals surface area contributed by atoms with Gasteiger partial charge in [-0.25, -0.2) is 4.18 Å². The molecule has 2 unspecified atom stereocenters. The summed E-state index contributed by atoms with van der Waals surface area (Å²) in [5.74, 6) is -0.764. The van der Waals surface area contributed by atoms with Crippen molar-refractivity contribution in [3.05, 3.63) is 0 Å². The molecule has 0 heterocycles. The van der Waals surface area contributed by atoms with E-state index < -0.39 is 28.1 Å². The topological polar surface area (TPSA) is 130 Å². The molecule has 0 aromatic carbocycles. The van der Waals surface area contributed by atoms with E-state index in [0.717, 1.165) is 0 Å². The van der Waals surface area contributed by atoms with Gasteiger partial charge in [-0.15, -0.1) is 0 Å². The minimum atomic E-state index is -4.36. The molecule has 116 valence electrons. The highest BCUT2D eigenvalue weighted by atomic mass is 32.3. The molecule has 0 aromatic rings. The average Bonchev–Trinajstić information content (AvgIpc) is 2.25. The molecule has 0 aliphatic heterocycles. The van der Waals surface area contributed by atoms with E-state index in [-0.39, 0.29) is 0 Å². The van der Waals surface area contributed by atoms with Gasteiger partial charge < -0.3 is 10.8 Å². The molecule has 8 nitrogen and oxygen atoms in total. The van der Waals surface area contributed by atoms with Crippen molar-refractivity contribution in [1.29, 1.82) is 0 Å². The van der Waals surface area contributed by atoms with Crippen LogP contribution < -0.4 is 5.73 Å². The molecule has 19 heavy (non-hydrogen) atoms. The predicted molar refractivity (Wildman–Crippen MR) is 70.9 cm³/mol. The zero-order chi connectivity index (χ0) is 15.9. The van der Waals surface area contributed by atoms with Crippen LogP contribution in [0.3, 0.4) is 0 Å². The fourth-order valence-electron chi connectivity index (χ4n) is 0.883. The average molecular weight is 300 g/mol. The summed E-state index contributed by atoms with van der Waals surface area (Å²) in [5, 5.41) is 8.76. The molecular formula is C10H24N2O6S. The largest absolute Gasteiger partial charge is 0.480 e. The van der Waals surface area contributed by atoms with Crippen LogP contribution in [0.2, 0.25) is 0 Å². The molecule has 0 fully saturated rings. The standard InChI is InChI=1S/C7H15NO2.C3H9NO4S/c1-5-7(2,6(9)10)8(3)4;1-2-3(4)8-9(5,6)7/h5H2,1-4H3,(H,9,10);3H,2,4H2,1H3,(H,5,6,7). The summed E-state index contributed by atoms with van der Waals surface area (Å²) in [6, 6.07) is 0. The lowest BCUT2D eigenvalue weighted by Gasteiger charge is -2.30. The van der Waals surface area contributed by atoms with Gasteiger partial charge in [-0.2, -0.15) is 8.42 Å². The maximum Gasteiger partial charge on any atom is 0.398 e. The van der Waals surface area contributed by atoms with Gasteiger partial charge in [0.25, 0.3) is 0 Å². The van der Waals surface area contributed by atoms with Crippen molar-refractivity contribution in [3.8, 4) is 0 Å². The third-order valence-electron chi connectivity index (χ3n) is 2.78. The lowest BCUT2D eigenvalue weighted by atomic mass is 9.98. The van der Waals surface area contributed by atoms with Crippen molar-refractivity contribution in [1.82, 2.24) is 4.90 Å². The van der Waals surface area contributed by atoms with Crippen molar-refractivity contribution in [2.24, 2.45) is 5.73 Å². The van der Waals surface area contributed by atoms with Gasteiger partial charge in [0.1, 0.15) is 11.8 Å². The van der Waals surface area contributed by atoms with Crippen LogP contribution >= 0.6 is 0 Å². The van der Waals surface area contributed by atoms with E-state index in [1.54, 1.807) is 32.8 Å². The Labute approximate surface area is 114 Å². The Morgan fingerprint density at radius 1 is 1.42 bits per heavy atom. The number of likely N-dealkylation sites (N-methyl/N-ethyl adjacent to an activating group) is 1. The first-order chi connectivity index (χ1) is 8.40. The number of hydrogen-bond donors (Lipinski definition) is 3. The number of carboxylic acid groups (broad SMARTS) is 1. The maximum absolute atomic E-state index is 10.7. The van der Waals surface area contributed by atoms with E-state index in [1.807, 2.05) is 6.92 Å². The highest BCUT2D eigenvalue weighted by Gasteiger charge is 2.32. The van der Waals surface area contributed by atoms with E-state index in [9.17, 15) is 13.2 Å². The molecule has 4 N–H and O–H groups in total. The van der Waals surface area contributed by atoms with E-state index in [2.05, 4.69) is 4.18 Å². The molecular weight excluding hydrogens is 276 g/mol. The number of rotatable bonds is 6. The fourth-order valence-corrected chi connectivity index (χ4v) is 1.33. The van der Waals surface area contributed by atoms with Gasteiger partial charge in [0, 0.05) is 0 Å². The maximum atomic E-state index is 10.7. The summed E-state index contributed by atoms with van der Waals surface area (Å²) in [4.78, 5) is 12.4. The Morgan fingerprint density at radius 2 is 1.84 bits per heavy atom. The fraction of sp³-hybridized carbons (Fsp3) is 0.900. The van der Waals surface area contributed by atoms with Crippen LogP contribution in [-0.4, -0.2) is 54.8 Å². The van der Waals surface area contributed by atoms with Crippen molar-refractivity contribution in [2.75, 3.05) is 14.1 Å². The summed E-state index contributed by atoms with van der Waals surface area (Å²) < 4.78 is 31.6. The Balaban J connectivity index is 0. The SMILES string of the molecule is CCC(C)(C(=O)O)N(C)C.CCC(N)OS(=O)(=O)O. The van der Waals surface area contributed by atoms with Crippen LogP contribution in [0, 0.1) is 0 Å². The number of carboxylic acids is 1. The van der Waals surface area contributed by atoms with Gasteiger partial charge >= 0.3 is 16.4 Å². The summed E-state index contributed by atoms with van der Waals surface area (Å²) >= 11 is 0. The zero-order valence-corrected chi connectivity index (χ0v) is 12.8. The van der Waals surface area contributed by atoms with Crippen LogP contribution in [0.1, 0.15) is 33.6 Å². The molecule has 0 amide bonds. The predicted octanol–water partition coefficient (Wildman–Crippen LogP) is 0.302. The van der Waals surface area contributed by atoms with Gasteiger partial charge in [0.2, 0.25) is 0 Å². The normalized spacial score (nSPS) is 16.2. The summed E-state index contributed by atoms with van der Waals surface area (Å²) in [7, 11) is -0.810. The Bertz CT molecular complexity index is 370. The molecule has 0 saturated carbocycles. The molecule has 0 saturated heterocycles. The van der Waals surface area contributed by atoms with Crippen molar-refractivity contribution >= 4 is 16.4 Å². The van der Waals surface area contributed by atoms with E-state index in [0.29, 0.717) is 12.8 Å². The Morgan fingerprint density at radius 3 is 1.89 bits per heavy atom. The molecule has 2 atom stereocenters. The van der Waals surface area contributed by atoms with E-state index in [1.165, 1.54) is 0 Å². The molecule has 0 spiro atoms. The van der Waals surface area contributed by atoms with Crippen molar-refractivity contribution in [3.63, 3.8) is 0 Å². The van der Waals surface area contributed by atoms with Gasteiger partial charge in [-0.05, 0) is 33.9 Å². The van der Waals surface area contributed by atoms with Crippen LogP contribution in [0.25, 0.3) is 0 Å². The number of nitrogens with two attached hydrogens (primary N) is 1. The highest BCUT2D eigenvalue weighted by Crippen LogP contribution is 2.15. The second-order valence-electron chi connectivity index (χ2n) is 4.30. The molecule has 0 aliphatic rings. The minimum absolute atomic E-state index is 0.333. The first kappa shape index (κ1) is 20.6. The van der Waals surface area contributed by atoms with Crippen LogP contribution in [-0.2, 0) is 19.4 Å². The summed E-state index contributed by atoms with van der Waals surface area (Å²) in [6.45, 7) is 5.22. The lowest BCUT2D eigenvalue weighted by Crippen LogP contribution is -2.47. The molecule has 0 bridgehead atoms. The molecule has 0 radical (unpaired) electrons. The quantitative estimate of drug-likeness (QED) is 0.471. The smallest absolute Gasteiger partial charge is 0.398 e. The van der Waals surface area contributed by atoms with Gasteiger partial charge in [0.05, 0.1) is 0 Å². The number of nitrogens with zero attached hydrogens (tertiary/aromatic N) is 1. The van der Waals surface area contributed by atoms with Gasteiger partial charge in [-0.3, -0.25) is 14.2 Å². The molecule has 0 aliphatic carbocycles. The number of carbonyl (C=O) groups is 1. The first-order valence-corrected chi connectivity index (χ1v) is 7.09. The van der Waals surface area contributed by atoms with E-state index in [4.69, 9.17) is 15.4 Å². The zero-order valence-electron chi connectivity index (χ0n) is 12.0. The van der Waals surface area contributed by atoms with E-state index >= 15 is 0 Å². The second-order valence-corrected chi connectivity index (χ2v) is 5.35. The van der Waals surface area contributed by atoms with Crippen LogP contribution in [0.5, 0.6) is 0 Å². The monoisotopic (exact) mass is 300 g/mol. The summed E-state index contributed by atoms with van der Waals surface area (Å²) in [6.07, 6.45) is 0.00905. The third-order valence-corrected chi connectivity index (χ3v) is 3.27. The molecule has 0 aromatic heterocycles. The number of aliphatic carboxylic acids is 1. The van der Waals surface area contributed by atoms with Crippen LogP contribution in [0.4, 0.5) is 0 Å². The van der Waals surface area contributed by atoms with Crippen LogP contribution in [0.15, 0.2) is 0 Å². The molecule has 0 rings (SSSR count). The van der Waals surface area contributed by atoms with Crippen molar-refractivity contribution in [2.45, 2.75) is 45.4 Å². The Hall–Kier alpha value is -0.740.